The van der Waals surface area contributed by atoms with Crippen molar-refractivity contribution >= 4 is 11.8 Å². The second-order valence-electron chi connectivity index (χ2n) is 6.01. The van der Waals surface area contributed by atoms with Crippen LogP contribution in [0.5, 0.6) is 0 Å². The smallest absolute Gasteiger partial charge is 0.247 e. The van der Waals surface area contributed by atoms with Gasteiger partial charge in [-0.25, -0.2) is 0 Å². The molecular formula is C15H26N2O2. The van der Waals surface area contributed by atoms with E-state index in [1.165, 1.54) is 30.6 Å². The van der Waals surface area contributed by atoms with E-state index in [2.05, 4.69) is 5.32 Å². The summed E-state index contributed by atoms with van der Waals surface area (Å²) in [6.07, 6.45) is 7.68. The van der Waals surface area contributed by atoms with Crippen LogP contribution in [0.25, 0.3) is 0 Å². The summed E-state index contributed by atoms with van der Waals surface area (Å²) in [6, 6.07) is -0.246. The van der Waals surface area contributed by atoms with Crippen molar-refractivity contribution in [2.24, 2.45) is 5.92 Å². The van der Waals surface area contributed by atoms with Crippen molar-refractivity contribution in [3.63, 3.8) is 0 Å². The van der Waals surface area contributed by atoms with Crippen molar-refractivity contribution in [1.29, 1.82) is 0 Å². The molecule has 1 N–H and O–H groups in total. The number of hydrogen-bond donors (Lipinski definition) is 1. The SMILES string of the molecule is CCC(C)N1C(=O)CC(NCCC2CCCC2)C1=O. The van der Waals surface area contributed by atoms with Crippen LogP contribution in [0.4, 0.5) is 0 Å². The lowest BCUT2D eigenvalue weighted by molar-refractivity contribution is -0.141. The normalized spacial score (nSPS) is 26.4. The molecule has 1 heterocycles. The lowest BCUT2D eigenvalue weighted by atomic mass is 10.0. The maximum atomic E-state index is 12.2. The third-order valence-electron chi connectivity index (χ3n) is 4.63. The van der Waals surface area contributed by atoms with Gasteiger partial charge in [0.25, 0.3) is 0 Å². The number of nitrogens with zero attached hydrogens (tertiary/aromatic N) is 1. The summed E-state index contributed by atoms with van der Waals surface area (Å²) in [7, 11) is 0. The molecule has 1 aliphatic carbocycles. The summed E-state index contributed by atoms with van der Waals surface area (Å²) < 4.78 is 0. The number of nitrogens with one attached hydrogen (secondary N) is 1. The summed E-state index contributed by atoms with van der Waals surface area (Å²) in [5.41, 5.74) is 0. The molecule has 0 spiro atoms. The second kappa shape index (κ2) is 6.51. The largest absolute Gasteiger partial charge is 0.305 e. The van der Waals surface area contributed by atoms with Gasteiger partial charge < -0.3 is 5.32 Å². The fourth-order valence-corrected chi connectivity index (χ4v) is 3.22. The van der Waals surface area contributed by atoms with Crippen molar-refractivity contribution in [1.82, 2.24) is 10.2 Å². The highest BCUT2D eigenvalue weighted by Crippen LogP contribution is 2.27. The Morgan fingerprint density at radius 2 is 2.00 bits per heavy atom. The van der Waals surface area contributed by atoms with Crippen LogP contribution in [0.15, 0.2) is 0 Å². The number of amides is 2. The Hall–Kier alpha value is -0.900. The number of hydrogen-bond acceptors (Lipinski definition) is 3. The first kappa shape index (κ1) is 14.5. The van der Waals surface area contributed by atoms with E-state index in [-0.39, 0.29) is 23.9 Å². The average molecular weight is 266 g/mol. The Bertz CT molecular complexity index is 337. The van der Waals surface area contributed by atoms with Gasteiger partial charge in [0.2, 0.25) is 11.8 Å². The zero-order valence-corrected chi connectivity index (χ0v) is 12.2. The van der Waals surface area contributed by atoms with E-state index >= 15 is 0 Å². The summed E-state index contributed by atoms with van der Waals surface area (Å²) in [5, 5.41) is 3.29. The van der Waals surface area contributed by atoms with Gasteiger partial charge in [0, 0.05) is 6.04 Å². The highest BCUT2D eigenvalue weighted by Gasteiger charge is 2.40. The van der Waals surface area contributed by atoms with Crippen LogP contribution >= 0.6 is 0 Å². The first-order valence-electron chi connectivity index (χ1n) is 7.72. The van der Waals surface area contributed by atoms with E-state index in [9.17, 15) is 9.59 Å². The molecule has 0 aromatic heterocycles. The number of rotatable bonds is 6. The highest BCUT2D eigenvalue weighted by atomic mass is 16.2. The lowest BCUT2D eigenvalue weighted by Crippen LogP contribution is -2.43. The van der Waals surface area contributed by atoms with E-state index in [0.717, 1.165) is 25.3 Å². The molecule has 0 radical (unpaired) electrons. The van der Waals surface area contributed by atoms with E-state index in [1.807, 2.05) is 13.8 Å². The highest BCUT2D eigenvalue weighted by molar-refractivity contribution is 6.05. The summed E-state index contributed by atoms with van der Waals surface area (Å²) in [6.45, 7) is 4.81. The van der Waals surface area contributed by atoms with Gasteiger partial charge in [-0.1, -0.05) is 32.6 Å². The number of likely N-dealkylation sites (tertiary alicyclic amines) is 1. The van der Waals surface area contributed by atoms with Crippen LogP contribution in [0.1, 0.15) is 58.8 Å². The van der Waals surface area contributed by atoms with Crippen LogP contribution in [0, 0.1) is 5.92 Å². The minimum atomic E-state index is -0.275. The molecular weight excluding hydrogens is 240 g/mol. The predicted octanol–water partition coefficient (Wildman–Crippen LogP) is 2.08. The van der Waals surface area contributed by atoms with Crippen LogP contribution in [-0.2, 0) is 9.59 Å². The molecule has 1 aliphatic heterocycles. The van der Waals surface area contributed by atoms with Gasteiger partial charge in [-0.05, 0) is 32.2 Å². The molecule has 4 nitrogen and oxygen atoms in total. The molecule has 1 saturated carbocycles. The molecule has 0 aromatic carbocycles. The molecule has 4 heteroatoms. The number of carbonyl (C=O) groups excluding carboxylic acids is 2. The van der Waals surface area contributed by atoms with Crippen LogP contribution in [0.3, 0.4) is 0 Å². The van der Waals surface area contributed by atoms with Crippen molar-refractivity contribution < 1.29 is 9.59 Å². The molecule has 0 aromatic rings. The fourth-order valence-electron chi connectivity index (χ4n) is 3.22. The quantitative estimate of drug-likeness (QED) is 0.749. The van der Waals surface area contributed by atoms with Gasteiger partial charge >= 0.3 is 0 Å². The first-order chi connectivity index (χ1) is 9.13. The van der Waals surface area contributed by atoms with Crippen LogP contribution in [0.2, 0.25) is 0 Å². The maximum absolute atomic E-state index is 12.2. The third-order valence-corrected chi connectivity index (χ3v) is 4.63. The average Bonchev–Trinajstić information content (AvgIpc) is 2.98. The van der Waals surface area contributed by atoms with Gasteiger partial charge in [0.05, 0.1) is 12.5 Å². The molecule has 19 heavy (non-hydrogen) atoms. The van der Waals surface area contributed by atoms with Crippen LogP contribution < -0.4 is 5.32 Å². The number of imide groups is 1. The Labute approximate surface area is 115 Å². The summed E-state index contributed by atoms with van der Waals surface area (Å²) in [4.78, 5) is 25.5. The topological polar surface area (TPSA) is 49.4 Å². The molecule has 108 valence electrons. The van der Waals surface area contributed by atoms with Crippen molar-refractivity contribution in [2.45, 2.75) is 70.9 Å². The van der Waals surface area contributed by atoms with E-state index < -0.39 is 0 Å². The zero-order chi connectivity index (χ0) is 13.8. The Kier molecular flexibility index (Phi) is 4.97. The van der Waals surface area contributed by atoms with Crippen LogP contribution in [-0.4, -0.2) is 35.3 Å². The van der Waals surface area contributed by atoms with E-state index in [4.69, 9.17) is 0 Å². The van der Waals surface area contributed by atoms with E-state index in [1.54, 1.807) is 0 Å². The first-order valence-corrected chi connectivity index (χ1v) is 7.72. The standard InChI is InChI=1S/C15H26N2O2/c1-3-11(2)17-14(18)10-13(15(17)19)16-9-8-12-6-4-5-7-12/h11-13,16H,3-10H2,1-2H3. The van der Waals surface area contributed by atoms with Gasteiger partial charge in [-0.2, -0.15) is 0 Å². The Balaban J connectivity index is 1.78. The predicted molar refractivity (Wildman–Crippen MR) is 74.6 cm³/mol. The summed E-state index contributed by atoms with van der Waals surface area (Å²) >= 11 is 0. The van der Waals surface area contributed by atoms with Gasteiger partial charge in [0.15, 0.2) is 0 Å². The Morgan fingerprint density at radius 1 is 1.32 bits per heavy atom. The zero-order valence-electron chi connectivity index (χ0n) is 12.2. The fraction of sp³-hybridized carbons (Fsp3) is 0.867. The van der Waals surface area contributed by atoms with Crippen molar-refractivity contribution in [2.75, 3.05) is 6.54 Å². The molecule has 2 atom stereocenters. The molecule has 2 amide bonds. The van der Waals surface area contributed by atoms with Crippen molar-refractivity contribution in [3.8, 4) is 0 Å². The number of carbonyl (C=O) groups is 2. The third kappa shape index (κ3) is 3.35. The summed E-state index contributed by atoms with van der Waals surface area (Å²) in [5.74, 6) is 0.786. The Morgan fingerprint density at radius 3 is 2.63 bits per heavy atom. The molecule has 2 fully saturated rings. The van der Waals surface area contributed by atoms with Gasteiger partial charge in [-0.3, -0.25) is 14.5 Å². The molecule has 2 rings (SSSR count). The minimum Gasteiger partial charge on any atom is -0.305 e. The second-order valence-corrected chi connectivity index (χ2v) is 6.01. The van der Waals surface area contributed by atoms with Crippen molar-refractivity contribution in [3.05, 3.63) is 0 Å². The van der Waals surface area contributed by atoms with Gasteiger partial charge in [-0.15, -0.1) is 0 Å². The molecule has 2 aliphatic rings. The van der Waals surface area contributed by atoms with Gasteiger partial charge in [0.1, 0.15) is 0 Å². The lowest BCUT2D eigenvalue weighted by Gasteiger charge is -2.21. The van der Waals surface area contributed by atoms with E-state index in [0.29, 0.717) is 6.42 Å². The minimum absolute atomic E-state index is 0.0160. The maximum Gasteiger partial charge on any atom is 0.247 e. The molecule has 0 bridgehead atoms. The molecule has 1 saturated heterocycles. The molecule has 2 unspecified atom stereocenters. The monoisotopic (exact) mass is 266 g/mol.